The highest BCUT2D eigenvalue weighted by molar-refractivity contribution is 8.38. The lowest BCUT2D eigenvalue weighted by Gasteiger charge is -2.21. The highest BCUT2D eigenvalue weighted by Crippen LogP contribution is 2.37. The lowest BCUT2D eigenvalue weighted by Crippen LogP contribution is -2.22. The van der Waals surface area contributed by atoms with E-state index in [0.29, 0.717) is 27.0 Å². The Morgan fingerprint density at radius 2 is 2.30 bits per heavy atom. The van der Waals surface area contributed by atoms with Gasteiger partial charge in [0, 0.05) is 17.8 Å². The number of hydrazone groups is 1. The van der Waals surface area contributed by atoms with E-state index >= 15 is 0 Å². The molecule has 0 saturated heterocycles. The van der Waals surface area contributed by atoms with Gasteiger partial charge in [-0.25, -0.2) is 5.10 Å². The summed E-state index contributed by atoms with van der Waals surface area (Å²) in [6, 6.07) is 4.90. The number of rotatable bonds is 3. The lowest BCUT2D eigenvalue weighted by atomic mass is 10.2. The quantitative estimate of drug-likeness (QED) is 0.834. The van der Waals surface area contributed by atoms with Crippen molar-refractivity contribution in [1.29, 1.82) is 0 Å². The summed E-state index contributed by atoms with van der Waals surface area (Å²) in [5.41, 5.74) is 1.58. The van der Waals surface area contributed by atoms with Gasteiger partial charge in [0.25, 0.3) is 5.56 Å². The van der Waals surface area contributed by atoms with Gasteiger partial charge in [-0.15, -0.1) is 4.91 Å². The SMILES string of the molecule is CN1N=C(SCc2ccc(N=O)cc2Cl)Sc2c1cn[nH]c2=O. The van der Waals surface area contributed by atoms with Crippen molar-refractivity contribution in [3.63, 3.8) is 0 Å². The largest absolute Gasteiger partial charge is 0.280 e. The number of hydrogen-bond acceptors (Lipinski definition) is 8. The summed E-state index contributed by atoms with van der Waals surface area (Å²) in [4.78, 5) is 22.9. The first-order valence-corrected chi connectivity index (χ1v) is 8.59. The molecule has 0 amide bonds. The van der Waals surface area contributed by atoms with Gasteiger partial charge in [-0.3, -0.25) is 9.80 Å². The van der Waals surface area contributed by atoms with E-state index in [1.807, 2.05) is 0 Å². The number of H-pyrrole nitrogens is 1. The Labute approximate surface area is 144 Å². The Morgan fingerprint density at radius 3 is 3.04 bits per heavy atom. The van der Waals surface area contributed by atoms with Crippen LogP contribution in [-0.4, -0.2) is 21.6 Å². The minimum Gasteiger partial charge on any atom is -0.267 e. The first-order valence-electron chi connectivity index (χ1n) is 6.41. The lowest BCUT2D eigenvalue weighted by molar-refractivity contribution is 0.899. The van der Waals surface area contributed by atoms with Gasteiger partial charge in [-0.1, -0.05) is 41.2 Å². The van der Waals surface area contributed by atoms with E-state index in [2.05, 4.69) is 20.5 Å². The Morgan fingerprint density at radius 1 is 1.48 bits per heavy atom. The van der Waals surface area contributed by atoms with Crippen LogP contribution in [0.2, 0.25) is 5.02 Å². The maximum atomic E-state index is 11.9. The van der Waals surface area contributed by atoms with Gasteiger partial charge in [-0.05, 0) is 22.9 Å². The predicted molar refractivity (Wildman–Crippen MR) is 94.8 cm³/mol. The standard InChI is InChI=1S/C13H10ClN5O2S2/c1-19-10-5-15-16-12(20)11(10)23-13(17-19)22-6-7-2-3-8(18-21)4-9(7)14/h2-5H,6H2,1H3,(H,16,20). The summed E-state index contributed by atoms with van der Waals surface area (Å²) in [5.74, 6) is 0.565. The van der Waals surface area contributed by atoms with Gasteiger partial charge in [0.2, 0.25) is 0 Å². The second-order valence-electron chi connectivity index (χ2n) is 4.56. The third-order valence-electron chi connectivity index (χ3n) is 3.05. The van der Waals surface area contributed by atoms with Crippen LogP contribution in [0, 0.1) is 4.91 Å². The van der Waals surface area contributed by atoms with Crippen molar-refractivity contribution in [2.75, 3.05) is 12.1 Å². The third-order valence-corrected chi connectivity index (χ3v) is 5.65. The zero-order valence-corrected chi connectivity index (χ0v) is 14.2. The van der Waals surface area contributed by atoms with Crippen molar-refractivity contribution in [3.8, 4) is 0 Å². The van der Waals surface area contributed by atoms with Crippen molar-refractivity contribution in [2.45, 2.75) is 10.6 Å². The molecule has 0 aliphatic carbocycles. The second kappa shape index (κ2) is 6.73. The summed E-state index contributed by atoms with van der Waals surface area (Å²) in [6.45, 7) is 0. The molecule has 0 spiro atoms. The molecular formula is C13H10ClN5O2S2. The van der Waals surface area contributed by atoms with E-state index in [4.69, 9.17) is 11.6 Å². The number of halogens is 1. The summed E-state index contributed by atoms with van der Waals surface area (Å²) in [7, 11) is 1.76. The number of nitrogens with zero attached hydrogens (tertiary/aromatic N) is 4. The maximum Gasteiger partial charge on any atom is 0.280 e. The van der Waals surface area contributed by atoms with Gasteiger partial charge in [0.05, 0.1) is 11.9 Å². The second-order valence-corrected chi connectivity index (χ2v) is 7.19. The normalized spacial score (nSPS) is 13.5. The number of aromatic nitrogens is 2. The zero-order chi connectivity index (χ0) is 16.4. The fraction of sp³-hybridized carbons (Fsp3) is 0.154. The maximum absolute atomic E-state index is 11.9. The number of anilines is 1. The summed E-state index contributed by atoms with van der Waals surface area (Å²) >= 11 is 8.88. The molecule has 1 aromatic heterocycles. The topological polar surface area (TPSA) is 90.8 Å². The number of nitroso groups, excluding NO2 is 1. The summed E-state index contributed by atoms with van der Waals surface area (Å²) in [6.07, 6.45) is 1.57. The van der Waals surface area contributed by atoms with Crippen LogP contribution in [0.5, 0.6) is 0 Å². The average molecular weight is 368 g/mol. The van der Waals surface area contributed by atoms with E-state index in [1.54, 1.807) is 30.4 Å². The molecule has 23 heavy (non-hydrogen) atoms. The van der Waals surface area contributed by atoms with E-state index in [-0.39, 0.29) is 5.56 Å². The van der Waals surface area contributed by atoms with Crippen LogP contribution in [0.1, 0.15) is 5.56 Å². The summed E-state index contributed by atoms with van der Waals surface area (Å²) in [5, 5.41) is 15.6. The Balaban J connectivity index is 1.76. The number of fused-ring (bicyclic) bond motifs is 1. The van der Waals surface area contributed by atoms with E-state index in [0.717, 1.165) is 9.94 Å². The Bertz CT molecular complexity index is 854. The van der Waals surface area contributed by atoms with Crippen LogP contribution in [0.25, 0.3) is 0 Å². The molecule has 1 aliphatic rings. The van der Waals surface area contributed by atoms with Gasteiger partial charge < -0.3 is 0 Å². The monoisotopic (exact) mass is 367 g/mol. The first-order chi connectivity index (χ1) is 11.1. The molecule has 10 heteroatoms. The van der Waals surface area contributed by atoms with Crippen LogP contribution in [0.3, 0.4) is 0 Å². The molecular weight excluding hydrogens is 358 g/mol. The van der Waals surface area contributed by atoms with Crippen LogP contribution in [0.4, 0.5) is 11.4 Å². The highest BCUT2D eigenvalue weighted by atomic mass is 35.5. The molecule has 3 rings (SSSR count). The summed E-state index contributed by atoms with van der Waals surface area (Å²) < 4.78 is 0.727. The number of nitrogens with one attached hydrogen (secondary N) is 1. The fourth-order valence-corrected chi connectivity index (χ4v) is 4.36. The number of aromatic amines is 1. The molecule has 0 radical (unpaired) electrons. The van der Waals surface area contributed by atoms with Crippen molar-refractivity contribution in [1.82, 2.24) is 10.2 Å². The molecule has 0 bridgehead atoms. The first kappa shape index (κ1) is 16.0. The molecule has 2 heterocycles. The van der Waals surface area contributed by atoms with Crippen molar-refractivity contribution in [3.05, 3.63) is 50.2 Å². The molecule has 1 N–H and O–H groups in total. The minimum atomic E-state index is -0.244. The predicted octanol–water partition coefficient (Wildman–Crippen LogP) is 3.57. The molecule has 0 saturated carbocycles. The van der Waals surface area contributed by atoms with Gasteiger partial charge in [0.1, 0.15) is 10.6 Å². The molecule has 0 unspecified atom stereocenters. The number of thioether (sulfide) groups is 2. The Kier molecular flexibility index (Phi) is 4.69. The minimum absolute atomic E-state index is 0.244. The van der Waals surface area contributed by atoms with Gasteiger partial charge in [0.15, 0.2) is 4.38 Å². The van der Waals surface area contributed by atoms with Crippen LogP contribution >= 0.6 is 35.1 Å². The molecule has 0 atom stereocenters. The molecule has 2 aromatic rings. The van der Waals surface area contributed by atoms with E-state index < -0.39 is 0 Å². The number of hydrogen-bond donors (Lipinski definition) is 1. The zero-order valence-electron chi connectivity index (χ0n) is 11.8. The van der Waals surface area contributed by atoms with Gasteiger partial charge in [-0.2, -0.15) is 10.2 Å². The van der Waals surface area contributed by atoms with Gasteiger partial charge >= 0.3 is 0 Å². The molecule has 118 valence electrons. The van der Waals surface area contributed by atoms with E-state index in [1.165, 1.54) is 29.6 Å². The van der Waals surface area contributed by atoms with Crippen molar-refractivity contribution in [2.24, 2.45) is 10.3 Å². The molecule has 0 fully saturated rings. The van der Waals surface area contributed by atoms with Crippen LogP contribution in [-0.2, 0) is 5.75 Å². The smallest absolute Gasteiger partial charge is 0.267 e. The Hall–Kier alpha value is -1.84. The van der Waals surface area contributed by atoms with Crippen molar-refractivity contribution >= 4 is 50.9 Å². The molecule has 1 aliphatic heterocycles. The molecule has 7 nitrogen and oxygen atoms in total. The fourth-order valence-electron chi connectivity index (χ4n) is 1.90. The van der Waals surface area contributed by atoms with Crippen molar-refractivity contribution < 1.29 is 0 Å². The van der Waals surface area contributed by atoms with Crippen LogP contribution < -0.4 is 10.6 Å². The van der Waals surface area contributed by atoms with E-state index in [9.17, 15) is 9.70 Å². The van der Waals surface area contributed by atoms with Crippen LogP contribution in [0.15, 0.2) is 44.4 Å². The molecule has 1 aromatic carbocycles. The number of benzene rings is 1. The third kappa shape index (κ3) is 3.41. The highest BCUT2D eigenvalue weighted by Gasteiger charge is 2.21. The average Bonchev–Trinajstić information content (AvgIpc) is 2.54.